The van der Waals surface area contributed by atoms with Crippen molar-refractivity contribution in [3.8, 4) is 5.75 Å². The molecule has 5 heteroatoms. The van der Waals surface area contributed by atoms with E-state index in [9.17, 15) is 5.11 Å². The second kappa shape index (κ2) is 8.18. The molecule has 0 bridgehead atoms. The zero-order valence-corrected chi connectivity index (χ0v) is 15.2. The number of aromatic nitrogens is 1. The van der Waals surface area contributed by atoms with Gasteiger partial charge in [-0.25, -0.2) is 0 Å². The SMILES string of the molecule is Oc1ccc2[nH]cc(CCCNC(C3=CC=CCC3)C3=COC=CO3)c2c1. The van der Waals surface area contributed by atoms with E-state index in [0.717, 1.165) is 48.9 Å². The maximum absolute atomic E-state index is 9.73. The molecule has 27 heavy (non-hydrogen) atoms. The second-order valence-electron chi connectivity index (χ2n) is 6.79. The first kappa shape index (κ1) is 17.5. The quantitative estimate of drug-likeness (QED) is 0.637. The molecule has 0 fully saturated rings. The first-order chi connectivity index (χ1) is 13.3. The van der Waals surface area contributed by atoms with Crippen LogP contribution in [-0.4, -0.2) is 22.7 Å². The fourth-order valence-corrected chi connectivity index (χ4v) is 3.58. The van der Waals surface area contributed by atoms with E-state index in [4.69, 9.17) is 9.47 Å². The lowest BCUT2D eigenvalue weighted by Crippen LogP contribution is -2.35. The van der Waals surface area contributed by atoms with Crippen LogP contribution >= 0.6 is 0 Å². The van der Waals surface area contributed by atoms with Gasteiger partial charge in [0.2, 0.25) is 0 Å². The summed E-state index contributed by atoms with van der Waals surface area (Å²) in [6.45, 7) is 0.849. The van der Waals surface area contributed by atoms with E-state index in [1.54, 1.807) is 18.6 Å². The van der Waals surface area contributed by atoms with Gasteiger partial charge in [0.05, 0.1) is 6.04 Å². The Morgan fingerprint density at radius 1 is 1.26 bits per heavy atom. The zero-order chi connectivity index (χ0) is 18.5. The second-order valence-corrected chi connectivity index (χ2v) is 6.79. The fraction of sp³-hybridized carbons (Fsp3) is 0.273. The summed E-state index contributed by atoms with van der Waals surface area (Å²) in [6.07, 6.45) is 17.2. The molecule has 0 amide bonds. The standard InChI is InChI=1S/C22H24N2O3/c25-18-8-9-20-19(13-18)17(14-24-20)7-4-10-23-22(16-5-2-1-3-6-16)21-15-26-11-12-27-21/h1-2,5,8-9,11-15,22-25H,3-4,6-7,10H2. The number of allylic oxidation sites excluding steroid dienone is 3. The third-order valence-corrected chi connectivity index (χ3v) is 4.95. The number of phenolic OH excluding ortho intramolecular Hbond substituents is 1. The highest BCUT2D eigenvalue weighted by atomic mass is 16.5. The van der Waals surface area contributed by atoms with Crippen LogP contribution in [0.3, 0.4) is 0 Å². The van der Waals surface area contributed by atoms with E-state index in [-0.39, 0.29) is 6.04 Å². The summed E-state index contributed by atoms with van der Waals surface area (Å²) in [5.74, 6) is 1.09. The summed E-state index contributed by atoms with van der Waals surface area (Å²) in [7, 11) is 0. The van der Waals surface area contributed by atoms with Crippen molar-refractivity contribution < 1.29 is 14.6 Å². The number of fused-ring (bicyclic) bond motifs is 1. The van der Waals surface area contributed by atoms with Gasteiger partial charge in [0, 0.05) is 17.1 Å². The monoisotopic (exact) mass is 364 g/mol. The number of aryl methyl sites for hydroxylation is 1. The lowest BCUT2D eigenvalue weighted by Gasteiger charge is -2.25. The molecule has 3 N–H and O–H groups in total. The molecule has 2 heterocycles. The summed E-state index contributed by atoms with van der Waals surface area (Å²) in [5.41, 5.74) is 3.58. The molecule has 2 aliphatic rings. The number of benzene rings is 1. The van der Waals surface area contributed by atoms with E-state index < -0.39 is 0 Å². The van der Waals surface area contributed by atoms with Gasteiger partial charge in [-0.05, 0) is 61.6 Å². The number of rotatable bonds is 7. The van der Waals surface area contributed by atoms with Gasteiger partial charge in [0.1, 0.15) is 24.5 Å². The molecule has 1 aliphatic heterocycles. The average molecular weight is 364 g/mol. The molecule has 1 aliphatic carbocycles. The van der Waals surface area contributed by atoms with E-state index in [0.29, 0.717) is 5.75 Å². The summed E-state index contributed by atoms with van der Waals surface area (Å²) in [6, 6.07) is 5.45. The summed E-state index contributed by atoms with van der Waals surface area (Å²) in [5, 5.41) is 14.4. The van der Waals surface area contributed by atoms with Crippen molar-refractivity contribution in [2.45, 2.75) is 31.7 Å². The van der Waals surface area contributed by atoms with Gasteiger partial charge in [-0.15, -0.1) is 0 Å². The van der Waals surface area contributed by atoms with Crippen molar-refractivity contribution in [3.63, 3.8) is 0 Å². The summed E-state index contributed by atoms with van der Waals surface area (Å²) < 4.78 is 11.0. The van der Waals surface area contributed by atoms with Crippen molar-refractivity contribution in [1.82, 2.24) is 10.3 Å². The van der Waals surface area contributed by atoms with Gasteiger partial charge in [-0.3, -0.25) is 0 Å². The maximum atomic E-state index is 9.73. The molecule has 0 saturated carbocycles. The topological polar surface area (TPSA) is 66.5 Å². The minimum absolute atomic E-state index is 0.0203. The molecule has 0 spiro atoms. The van der Waals surface area contributed by atoms with E-state index in [1.807, 2.05) is 18.3 Å². The number of hydrogen-bond acceptors (Lipinski definition) is 4. The Kier molecular flexibility index (Phi) is 5.30. The lowest BCUT2D eigenvalue weighted by molar-refractivity contribution is 0.233. The van der Waals surface area contributed by atoms with Crippen molar-refractivity contribution in [1.29, 1.82) is 0 Å². The van der Waals surface area contributed by atoms with Crippen LogP contribution in [0.1, 0.15) is 24.8 Å². The lowest BCUT2D eigenvalue weighted by atomic mass is 9.96. The van der Waals surface area contributed by atoms with Crippen LogP contribution in [0, 0.1) is 0 Å². The zero-order valence-electron chi connectivity index (χ0n) is 15.2. The number of H-pyrrole nitrogens is 1. The van der Waals surface area contributed by atoms with Crippen molar-refractivity contribution in [3.05, 3.63) is 78.3 Å². The molecule has 1 aromatic carbocycles. The smallest absolute Gasteiger partial charge is 0.159 e. The largest absolute Gasteiger partial charge is 0.508 e. The molecular formula is C22H24N2O3. The first-order valence-corrected chi connectivity index (χ1v) is 9.36. The average Bonchev–Trinajstić information content (AvgIpc) is 3.11. The van der Waals surface area contributed by atoms with Gasteiger partial charge in [-0.2, -0.15) is 0 Å². The Morgan fingerprint density at radius 3 is 3.04 bits per heavy atom. The molecule has 0 radical (unpaired) electrons. The number of aromatic amines is 1. The van der Waals surface area contributed by atoms with Crippen LogP contribution in [0.15, 0.2) is 72.7 Å². The number of hydrogen-bond donors (Lipinski definition) is 3. The van der Waals surface area contributed by atoms with Crippen molar-refractivity contribution in [2.75, 3.05) is 6.54 Å². The number of phenols is 1. The van der Waals surface area contributed by atoms with Crippen LogP contribution in [-0.2, 0) is 15.9 Å². The Labute approximate surface area is 158 Å². The number of nitrogens with one attached hydrogen (secondary N) is 2. The molecule has 140 valence electrons. The Balaban J connectivity index is 1.39. The van der Waals surface area contributed by atoms with Gasteiger partial charge in [-0.1, -0.05) is 18.2 Å². The van der Waals surface area contributed by atoms with E-state index in [1.165, 1.54) is 17.4 Å². The van der Waals surface area contributed by atoms with Crippen LogP contribution in [0.4, 0.5) is 0 Å². The van der Waals surface area contributed by atoms with Crippen LogP contribution in [0.25, 0.3) is 10.9 Å². The molecule has 1 atom stereocenters. The third kappa shape index (κ3) is 4.09. The van der Waals surface area contributed by atoms with Crippen molar-refractivity contribution >= 4 is 10.9 Å². The number of ether oxygens (including phenoxy) is 2. The molecule has 1 unspecified atom stereocenters. The van der Waals surface area contributed by atoms with Gasteiger partial charge < -0.3 is 24.9 Å². The molecule has 0 saturated heterocycles. The number of aromatic hydroxyl groups is 1. The fourth-order valence-electron chi connectivity index (χ4n) is 3.58. The van der Waals surface area contributed by atoms with Crippen LogP contribution < -0.4 is 5.32 Å². The van der Waals surface area contributed by atoms with Crippen LogP contribution in [0.2, 0.25) is 0 Å². The summed E-state index contributed by atoms with van der Waals surface area (Å²) in [4.78, 5) is 3.27. The highest BCUT2D eigenvalue weighted by Gasteiger charge is 2.22. The third-order valence-electron chi connectivity index (χ3n) is 4.95. The van der Waals surface area contributed by atoms with Crippen molar-refractivity contribution in [2.24, 2.45) is 0 Å². The maximum Gasteiger partial charge on any atom is 0.159 e. The normalized spacial score (nSPS) is 17.2. The highest BCUT2D eigenvalue weighted by Crippen LogP contribution is 2.25. The van der Waals surface area contributed by atoms with Gasteiger partial charge in [0.25, 0.3) is 0 Å². The van der Waals surface area contributed by atoms with Crippen LogP contribution in [0.5, 0.6) is 5.75 Å². The Hall–Kier alpha value is -2.92. The highest BCUT2D eigenvalue weighted by molar-refractivity contribution is 5.84. The molecule has 4 rings (SSSR count). The predicted octanol–water partition coefficient (Wildman–Crippen LogP) is 4.40. The molecular weight excluding hydrogens is 340 g/mol. The van der Waals surface area contributed by atoms with Gasteiger partial charge >= 0.3 is 0 Å². The Bertz CT molecular complexity index is 921. The predicted molar refractivity (Wildman–Crippen MR) is 106 cm³/mol. The minimum atomic E-state index is 0.0203. The molecule has 1 aromatic heterocycles. The van der Waals surface area contributed by atoms with E-state index in [2.05, 4.69) is 28.5 Å². The molecule has 2 aromatic rings. The van der Waals surface area contributed by atoms with Gasteiger partial charge in [0.15, 0.2) is 5.76 Å². The first-order valence-electron chi connectivity index (χ1n) is 9.36. The minimum Gasteiger partial charge on any atom is -0.508 e. The molecule has 5 nitrogen and oxygen atoms in total. The summed E-state index contributed by atoms with van der Waals surface area (Å²) >= 11 is 0. The van der Waals surface area contributed by atoms with E-state index >= 15 is 0 Å². The Morgan fingerprint density at radius 2 is 2.22 bits per heavy atom.